The number of carboxylic acid groups (broad SMARTS) is 1. The fourth-order valence-electron chi connectivity index (χ4n) is 4.54. The zero-order valence-corrected chi connectivity index (χ0v) is 18.2. The summed E-state index contributed by atoms with van der Waals surface area (Å²) in [6, 6.07) is 2.32. The highest BCUT2D eigenvalue weighted by atomic mass is 32.1. The fraction of sp³-hybridized carbons (Fsp3) is 0.591. The lowest BCUT2D eigenvalue weighted by atomic mass is 9.85. The molecule has 162 valence electrons. The molecule has 2 aromatic heterocycles. The summed E-state index contributed by atoms with van der Waals surface area (Å²) in [6.07, 6.45) is 9.77. The van der Waals surface area contributed by atoms with Crippen LogP contribution in [0.15, 0.2) is 24.7 Å². The van der Waals surface area contributed by atoms with Crippen LogP contribution in [0.25, 0.3) is 10.6 Å². The van der Waals surface area contributed by atoms with E-state index >= 15 is 0 Å². The standard InChI is InChI=1S/C20H25N3O2S.C2H4O2/c1-9-24-14-15(1)13-23-7-3-20(4-8-23)19-16(2-10-25-20)11-18(26-19)17-12-21-5-6-22-17;1-2(3)4/h5-6,11-12,15H,1-4,7-10,13-14H2;1H3,(H,3,4). The van der Waals surface area contributed by atoms with E-state index in [0.29, 0.717) is 0 Å². The van der Waals surface area contributed by atoms with Crippen LogP contribution < -0.4 is 0 Å². The number of carboxylic acids is 1. The Hall–Kier alpha value is -1.87. The number of ether oxygens (including phenoxy) is 2. The molecule has 0 amide bonds. The molecule has 0 radical (unpaired) electrons. The first-order chi connectivity index (χ1) is 14.6. The lowest BCUT2D eigenvalue weighted by molar-refractivity contribution is -0.134. The van der Waals surface area contributed by atoms with Crippen LogP contribution in [-0.4, -0.2) is 65.4 Å². The zero-order valence-electron chi connectivity index (χ0n) is 17.4. The van der Waals surface area contributed by atoms with Crippen molar-refractivity contribution in [3.05, 3.63) is 35.1 Å². The Labute approximate surface area is 181 Å². The van der Waals surface area contributed by atoms with Gasteiger partial charge in [0.1, 0.15) is 5.60 Å². The Morgan fingerprint density at radius 3 is 2.80 bits per heavy atom. The number of rotatable bonds is 3. The third-order valence-corrected chi connectivity index (χ3v) is 7.38. The lowest BCUT2D eigenvalue weighted by Crippen LogP contribution is -2.47. The van der Waals surface area contributed by atoms with Crippen LogP contribution in [0.1, 0.15) is 36.6 Å². The summed E-state index contributed by atoms with van der Waals surface area (Å²) in [4.78, 5) is 23.0. The van der Waals surface area contributed by atoms with Gasteiger partial charge in [0.05, 0.1) is 30.0 Å². The summed E-state index contributed by atoms with van der Waals surface area (Å²) in [5.41, 5.74) is 2.35. The second-order valence-electron chi connectivity index (χ2n) is 8.20. The molecular formula is C22H29N3O4S. The minimum absolute atomic E-state index is 0.0820. The van der Waals surface area contributed by atoms with Crippen molar-refractivity contribution in [2.45, 2.75) is 38.2 Å². The molecule has 7 nitrogen and oxygen atoms in total. The van der Waals surface area contributed by atoms with Gasteiger partial charge in [0.15, 0.2) is 0 Å². The molecule has 1 spiro atoms. The van der Waals surface area contributed by atoms with Gasteiger partial charge in [-0.05, 0) is 43.2 Å². The maximum Gasteiger partial charge on any atom is 0.300 e. The summed E-state index contributed by atoms with van der Waals surface area (Å²) in [5.74, 6) is -0.114. The summed E-state index contributed by atoms with van der Waals surface area (Å²) in [7, 11) is 0. The Balaban J connectivity index is 0.000000503. The first kappa shape index (κ1) is 21.4. The second-order valence-corrected chi connectivity index (χ2v) is 9.25. The van der Waals surface area contributed by atoms with Crippen LogP contribution in [-0.2, 0) is 26.3 Å². The number of fused-ring (bicyclic) bond motifs is 2. The molecule has 2 saturated heterocycles. The van der Waals surface area contributed by atoms with Crippen LogP contribution >= 0.6 is 11.3 Å². The van der Waals surface area contributed by atoms with E-state index < -0.39 is 5.97 Å². The molecule has 2 aromatic rings. The number of hydrogen-bond acceptors (Lipinski definition) is 7. The van der Waals surface area contributed by atoms with E-state index in [9.17, 15) is 0 Å². The molecule has 5 heterocycles. The Kier molecular flexibility index (Phi) is 6.77. The van der Waals surface area contributed by atoms with E-state index in [1.807, 2.05) is 17.5 Å². The molecule has 0 saturated carbocycles. The molecule has 1 unspecified atom stereocenters. The number of nitrogens with zero attached hydrogens (tertiary/aromatic N) is 3. The Bertz CT molecular complexity index is 839. The molecule has 8 heteroatoms. The van der Waals surface area contributed by atoms with Crippen molar-refractivity contribution in [1.82, 2.24) is 14.9 Å². The van der Waals surface area contributed by atoms with Gasteiger partial charge in [-0.15, -0.1) is 11.3 Å². The Morgan fingerprint density at radius 1 is 1.33 bits per heavy atom. The quantitative estimate of drug-likeness (QED) is 0.799. The molecule has 5 rings (SSSR count). The molecule has 2 fully saturated rings. The van der Waals surface area contributed by atoms with Crippen molar-refractivity contribution in [3.8, 4) is 10.6 Å². The van der Waals surface area contributed by atoms with Crippen molar-refractivity contribution in [1.29, 1.82) is 0 Å². The molecule has 3 aliphatic heterocycles. The van der Waals surface area contributed by atoms with Gasteiger partial charge >= 0.3 is 0 Å². The highest BCUT2D eigenvalue weighted by Crippen LogP contribution is 2.47. The van der Waals surface area contributed by atoms with Gasteiger partial charge in [0, 0.05) is 50.4 Å². The number of thiophene rings is 1. The largest absolute Gasteiger partial charge is 0.481 e. The summed E-state index contributed by atoms with van der Waals surface area (Å²) in [6.45, 7) is 7.21. The first-order valence-electron chi connectivity index (χ1n) is 10.6. The monoisotopic (exact) mass is 431 g/mol. The molecule has 3 aliphatic rings. The average Bonchev–Trinajstić information content (AvgIpc) is 3.41. The number of hydrogen-bond donors (Lipinski definition) is 1. The van der Waals surface area contributed by atoms with Crippen LogP contribution in [0.4, 0.5) is 0 Å². The van der Waals surface area contributed by atoms with Gasteiger partial charge in [-0.1, -0.05) is 0 Å². The normalized spacial score (nSPS) is 22.9. The molecule has 0 bridgehead atoms. The predicted molar refractivity (Wildman–Crippen MR) is 115 cm³/mol. The van der Waals surface area contributed by atoms with Gasteiger partial charge in [-0.3, -0.25) is 14.8 Å². The second kappa shape index (κ2) is 9.51. The molecule has 30 heavy (non-hydrogen) atoms. The van der Waals surface area contributed by atoms with Crippen LogP contribution in [0.5, 0.6) is 0 Å². The van der Waals surface area contributed by atoms with Crippen molar-refractivity contribution in [2.75, 3.05) is 39.5 Å². The van der Waals surface area contributed by atoms with Crippen molar-refractivity contribution in [3.63, 3.8) is 0 Å². The van der Waals surface area contributed by atoms with Gasteiger partial charge in [-0.2, -0.15) is 0 Å². The zero-order chi connectivity index (χ0) is 21.0. The van der Waals surface area contributed by atoms with Crippen molar-refractivity contribution < 1.29 is 19.4 Å². The van der Waals surface area contributed by atoms with E-state index in [4.69, 9.17) is 19.4 Å². The molecule has 1 N–H and O–H groups in total. The third-order valence-electron chi connectivity index (χ3n) is 5.99. The maximum absolute atomic E-state index is 9.00. The van der Waals surface area contributed by atoms with Crippen LogP contribution in [0.3, 0.4) is 0 Å². The van der Waals surface area contributed by atoms with E-state index in [1.54, 1.807) is 12.4 Å². The average molecular weight is 432 g/mol. The summed E-state index contributed by atoms with van der Waals surface area (Å²) in [5, 5.41) is 7.42. The first-order valence-corrected chi connectivity index (χ1v) is 11.4. The van der Waals surface area contributed by atoms with E-state index in [1.165, 1.54) is 28.3 Å². The third kappa shape index (κ3) is 4.88. The summed E-state index contributed by atoms with van der Waals surface area (Å²) >= 11 is 1.86. The van der Waals surface area contributed by atoms with E-state index in [0.717, 1.165) is 70.7 Å². The smallest absolute Gasteiger partial charge is 0.300 e. The van der Waals surface area contributed by atoms with Gasteiger partial charge in [0.25, 0.3) is 5.97 Å². The van der Waals surface area contributed by atoms with Gasteiger partial charge in [0.2, 0.25) is 0 Å². The summed E-state index contributed by atoms with van der Waals surface area (Å²) < 4.78 is 12.0. The molecule has 1 atom stereocenters. The molecule has 0 aliphatic carbocycles. The van der Waals surface area contributed by atoms with E-state index in [2.05, 4.69) is 20.9 Å². The van der Waals surface area contributed by atoms with E-state index in [-0.39, 0.29) is 5.60 Å². The SMILES string of the molecule is CC(=O)O.c1cnc(-c2cc3c(s2)C2(CCN(CC4CCOC4)CC2)OCC3)cn1. The highest BCUT2D eigenvalue weighted by Gasteiger charge is 2.42. The lowest BCUT2D eigenvalue weighted by Gasteiger charge is -2.44. The van der Waals surface area contributed by atoms with Gasteiger partial charge in [-0.25, -0.2) is 0 Å². The minimum atomic E-state index is -0.833. The van der Waals surface area contributed by atoms with Crippen LogP contribution in [0.2, 0.25) is 0 Å². The van der Waals surface area contributed by atoms with Crippen LogP contribution in [0, 0.1) is 5.92 Å². The molecule has 0 aromatic carbocycles. The van der Waals surface area contributed by atoms with Gasteiger partial charge < -0.3 is 19.5 Å². The fourth-order valence-corrected chi connectivity index (χ4v) is 5.91. The number of piperidine rings is 1. The maximum atomic E-state index is 9.00. The Morgan fingerprint density at radius 2 is 2.13 bits per heavy atom. The van der Waals surface area contributed by atoms with Crippen molar-refractivity contribution >= 4 is 17.3 Å². The molecular weight excluding hydrogens is 402 g/mol. The number of aliphatic carboxylic acids is 1. The van der Waals surface area contributed by atoms with Crippen molar-refractivity contribution in [2.24, 2.45) is 5.92 Å². The number of carbonyl (C=O) groups is 1. The highest BCUT2D eigenvalue weighted by molar-refractivity contribution is 7.15. The predicted octanol–water partition coefficient (Wildman–Crippen LogP) is 3.20. The topological polar surface area (TPSA) is 84.8 Å². The number of aromatic nitrogens is 2. The minimum Gasteiger partial charge on any atom is -0.481 e. The number of likely N-dealkylation sites (tertiary alicyclic amines) is 1.